The van der Waals surface area contributed by atoms with Crippen LogP contribution in [0, 0.1) is 11.6 Å². The molecule has 0 radical (unpaired) electrons. The molecule has 5 aromatic carbocycles. The molecule has 172 valence electrons. The van der Waals surface area contributed by atoms with E-state index in [2.05, 4.69) is 36.4 Å². The van der Waals surface area contributed by atoms with Gasteiger partial charge in [0.2, 0.25) is 0 Å². The Morgan fingerprint density at radius 3 is 1.34 bits per heavy atom. The predicted molar refractivity (Wildman–Crippen MR) is 135 cm³/mol. The van der Waals surface area contributed by atoms with E-state index in [4.69, 9.17) is 9.47 Å². The first-order valence-corrected chi connectivity index (χ1v) is 12.5. The maximum absolute atomic E-state index is 13.3. The van der Waals surface area contributed by atoms with Crippen LogP contribution in [0.4, 0.5) is 8.78 Å². The van der Waals surface area contributed by atoms with Gasteiger partial charge in [0.25, 0.3) is 0 Å². The number of thiol groups is 1. The van der Waals surface area contributed by atoms with Crippen molar-refractivity contribution in [3.05, 3.63) is 127 Å². The molecule has 5 aromatic rings. The maximum atomic E-state index is 13.3. The van der Waals surface area contributed by atoms with Crippen LogP contribution in [-0.4, -0.2) is 0 Å². The first-order chi connectivity index (χ1) is 17.1. The third-order valence-electron chi connectivity index (χ3n) is 5.82. The number of rotatable bonds is 5. The Balaban J connectivity index is 1.42. The highest BCUT2D eigenvalue weighted by Gasteiger charge is 2.28. The number of fused-ring (bicyclic) bond motifs is 3. The summed E-state index contributed by atoms with van der Waals surface area (Å²) in [5.74, 6) is 1.89. The molecule has 0 bridgehead atoms. The Bertz CT molecular complexity index is 1400. The second kappa shape index (κ2) is 8.93. The minimum Gasteiger partial charge on any atom is -0.457 e. The lowest BCUT2D eigenvalue weighted by Crippen LogP contribution is -1.87. The molecule has 6 rings (SSSR count). The van der Waals surface area contributed by atoms with Gasteiger partial charge in [-0.3, -0.25) is 0 Å². The number of hydrogen-bond acceptors (Lipinski definition) is 2. The summed E-state index contributed by atoms with van der Waals surface area (Å²) < 4.78 is 38.7. The van der Waals surface area contributed by atoms with E-state index < -0.39 is 10.9 Å². The Kier molecular flexibility index (Phi) is 5.47. The second-order valence-corrected chi connectivity index (χ2v) is 10.3. The number of halogens is 2. The van der Waals surface area contributed by atoms with E-state index in [0.717, 1.165) is 11.1 Å². The van der Waals surface area contributed by atoms with Crippen LogP contribution in [0.15, 0.2) is 130 Å². The monoisotopic (exact) mass is 482 g/mol. The standard InChI is InChI=1S/C30H20F2O2S/c31-20-6-10-22(11-7-20)33-24-14-16-29-27(18-24)28-19-25(34-23-12-8-21(32)9-13-23)15-17-30(28)35(29)26-4-2-1-3-5-26/h1-19,35H. The van der Waals surface area contributed by atoms with Crippen molar-refractivity contribution in [3.8, 4) is 34.1 Å². The summed E-state index contributed by atoms with van der Waals surface area (Å²) in [7, 11) is -0.734. The zero-order valence-corrected chi connectivity index (χ0v) is 19.4. The highest BCUT2D eigenvalue weighted by molar-refractivity contribution is 8.17. The number of benzene rings is 5. The van der Waals surface area contributed by atoms with Crippen LogP contribution in [0.25, 0.3) is 11.1 Å². The molecule has 0 unspecified atom stereocenters. The Hall–Kier alpha value is -4.09. The lowest BCUT2D eigenvalue weighted by atomic mass is 10.1. The molecule has 0 amide bonds. The van der Waals surface area contributed by atoms with Crippen LogP contribution < -0.4 is 9.47 Å². The molecule has 0 aromatic heterocycles. The van der Waals surface area contributed by atoms with Crippen molar-refractivity contribution in [1.82, 2.24) is 0 Å². The third kappa shape index (κ3) is 4.27. The molecule has 0 N–H and O–H groups in total. The molecule has 0 spiro atoms. The normalized spacial score (nSPS) is 12.7. The molecular weight excluding hydrogens is 462 g/mol. The lowest BCUT2D eigenvalue weighted by molar-refractivity contribution is 0.479. The van der Waals surface area contributed by atoms with Crippen LogP contribution in [0.3, 0.4) is 0 Å². The van der Waals surface area contributed by atoms with Gasteiger partial charge < -0.3 is 9.47 Å². The average molecular weight is 483 g/mol. The molecule has 0 saturated carbocycles. The van der Waals surface area contributed by atoms with Crippen molar-refractivity contribution in [1.29, 1.82) is 0 Å². The second-order valence-electron chi connectivity index (χ2n) is 8.14. The number of ether oxygens (including phenoxy) is 2. The van der Waals surface area contributed by atoms with Crippen molar-refractivity contribution in [2.75, 3.05) is 0 Å². The fourth-order valence-corrected chi connectivity index (χ4v) is 6.83. The summed E-state index contributed by atoms with van der Waals surface area (Å²) in [5.41, 5.74) is 2.17. The van der Waals surface area contributed by atoms with Gasteiger partial charge in [-0.2, -0.15) is 10.9 Å². The molecule has 0 saturated heterocycles. The van der Waals surface area contributed by atoms with Gasteiger partial charge in [0.1, 0.15) is 34.6 Å². The SMILES string of the molecule is Fc1ccc(Oc2ccc3c(c2)-c2cc(Oc4ccc(F)cc4)ccc2[SH]3c2ccccc2)cc1. The molecule has 0 atom stereocenters. The van der Waals surface area contributed by atoms with Gasteiger partial charge in [-0.25, -0.2) is 8.78 Å². The molecule has 2 nitrogen and oxygen atoms in total. The topological polar surface area (TPSA) is 18.5 Å². The molecule has 1 aliphatic heterocycles. The van der Waals surface area contributed by atoms with E-state index in [9.17, 15) is 8.78 Å². The van der Waals surface area contributed by atoms with Crippen LogP contribution in [-0.2, 0) is 0 Å². The van der Waals surface area contributed by atoms with Gasteiger partial charge in [0.15, 0.2) is 0 Å². The highest BCUT2D eigenvalue weighted by Crippen LogP contribution is 2.63. The highest BCUT2D eigenvalue weighted by atomic mass is 32.2. The van der Waals surface area contributed by atoms with Crippen molar-refractivity contribution in [3.63, 3.8) is 0 Å². The molecule has 1 aliphatic rings. The summed E-state index contributed by atoms with van der Waals surface area (Å²) in [6.45, 7) is 0. The van der Waals surface area contributed by atoms with Gasteiger partial charge in [-0.15, -0.1) is 0 Å². The first-order valence-electron chi connectivity index (χ1n) is 11.1. The predicted octanol–water partition coefficient (Wildman–Crippen LogP) is 9.01. The van der Waals surface area contributed by atoms with Gasteiger partial charge >= 0.3 is 0 Å². The van der Waals surface area contributed by atoms with E-state index in [1.54, 1.807) is 24.3 Å². The van der Waals surface area contributed by atoms with E-state index in [1.807, 2.05) is 30.3 Å². The summed E-state index contributed by atoms with van der Waals surface area (Å²) in [4.78, 5) is 3.75. The van der Waals surface area contributed by atoms with Crippen molar-refractivity contribution < 1.29 is 18.3 Å². The maximum Gasteiger partial charge on any atom is 0.128 e. The van der Waals surface area contributed by atoms with E-state index in [1.165, 1.54) is 39.0 Å². The average Bonchev–Trinajstić information content (AvgIpc) is 3.20. The molecule has 35 heavy (non-hydrogen) atoms. The van der Waals surface area contributed by atoms with Crippen LogP contribution in [0.1, 0.15) is 0 Å². The molecule has 0 aliphatic carbocycles. The zero-order chi connectivity index (χ0) is 23.8. The third-order valence-corrected chi connectivity index (χ3v) is 8.38. The quantitative estimate of drug-likeness (QED) is 0.247. The Morgan fingerprint density at radius 1 is 0.457 bits per heavy atom. The van der Waals surface area contributed by atoms with Gasteiger partial charge in [0.05, 0.1) is 0 Å². The molecule has 1 heterocycles. The van der Waals surface area contributed by atoms with Crippen LogP contribution in [0.2, 0.25) is 0 Å². The van der Waals surface area contributed by atoms with Crippen molar-refractivity contribution in [2.24, 2.45) is 0 Å². The van der Waals surface area contributed by atoms with Crippen LogP contribution in [0.5, 0.6) is 23.0 Å². The minimum atomic E-state index is -0.734. The summed E-state index contributed by atoms with van der Waals surface area (Å²) in [6, 6.07) is 34.7. The van der Waals surface area contributed by atoms with Gasteiger partial charge in [0, 0.05) is 9.79 Å². The summed E-state index contributed by atoms with van der Waals surface area (Å²) >= 11 is 0. The first kappa shape index (κ1) is 21.4. The molecule has 5 heteroatoms. The van der Waals surface area contributed by atoms with E-state index in [0.29, 0.717) is 23.0 Å². The van der Waals surface area contributed by atoms with Gasteiger partial charge in [-0.05, 0) is 113 Å². The Morgan fingerprint density at radius 2 is 0.886 bits per heavy atom. The summed E-state index contributed by atoms with van der Waals surface area (Å²) in [6.07, 6.45) is 0. The van der Waals surface area contributed by atoms with E-state index in [-0.39, 0.29) is 11.6 Å². The lowest BCUT2D eigenvalue weighted by Gasteiger charge is -2.19. The largest absolute Gasteiger partial charge is 0.457 e. The van der Waals surface area contributed by atoms with E-state index >= 15 is 0 Å². The summed E-state index contributed by atoms with van der Waals surface area (Å²) in [5, 5.41) is 0. The van der Waals surface area contributed by atoms with Crippen molar-refractivity contribution in [2.45, 2.75) is 14.7 Å². The molecule has 0 fully saturated rings. The van der Waals surface area contributed by atoms with Gasteiger partial charge in [-0.1, -0.05) is 18.2 Å². The molecular formula is C30H20F2O2S. The van der Waals surface area contributed by atoms with Crippen LogP contribution >= 0.6 is 10.9 Å². The fourth-order valence-electron chi connectivity index (χ4n) is 4.24. The Labute approximate surface area is 204 Å². The fraction of sp³-hybridized carbons (Fsp3) is 0. The number of hydrogen-bond donors (Lipinski definition) is 1. The van der Waals surface area contributed by atoms with Crippen molar-refractivity contribution >= 4 is 10.9 Å². The smallest absolute Gasteiger partial charge is 0.128 e. The zero-order valence-electron chi connectivity index (χ0n) is 18.5. The minimum absolute atomic E-state index is 0.303.